The van der Waals surface area contributed by atoms with E-state index in [-0.39, 0.29) is 16.8 Å². The van der Waals surface area contributed by atoms with Gasteiger partial charge in [0.1, 0.15) is 12.2 Å². The summed E-state index contributed by atoms with van der Waals surface area (Å²) in [6.45, 7) is 1.95. The SMILES string of the molecule is O=C(N1CCC(NS(=O)(=O)c2ccc(C(F)(F)F)cc2)CC1)N1CC[C@H](c2ncn[nH]2)C1. The Morgan fingerprint density at radius 2 is 1.72 bits per heavy atom. The third-order valence-corrected chi connectivity index (χ3v) is 7.39. The molecule has 9 nitrogen and oxygen atoms in total. The number of hydrogen-bond acceptors (Lipinski definition) is 5. The second-order valence-corrected chi connectivity index (χ2v) is 9.70. The van der Waals surface area contributed by atoms with Crippen LogP contribution < -0.4 is 4.72 Å². The number of hydrogen-bond donors (Lipinski definition) is 2. The van der Waals surface area contributed by atoms with Gasteiger partial charge >= 0.3 is 12.2 Å². The normalized spacial score (nSPS) is 20.7. The number of carbonyl (C=O) groups is 1. The Kier molecular flexibility index (Phi) is 6.12. The van der Waals surface area contributed by atoms with Gasteiger partial charge in [0.15, 0.2) is 0 Å². The van der Waals surface area contributed by atoms with Gasteiger partial charge in [0, 0.05) is 38.1 Å². The molecule has 0 radical (unpaired) electrons. The third kappa shape index (κ3) is 4.88. The van der Waals surface area contributed by atoms with E-state index < -0.39 is 27.8 Å². The van der Waals surface area contributed by atoms with Crippen LogP contribution in [-0.2, 0) is 16.2 Å². The minimum Gasteiger partial charge on any atom is -0.325 e. The summed E-state index contributed by atoms with van der Waals surface area (Å²) in [5, 5.41) is 6.68. The Labute approximate surface area is 183 Å². The number of amides is 2. The first-order valence-electron chi connectivity index (χ1n) is 10.2. The zero-order valence-electron chi connectivity index (χ0n) is 17.0. The highest BCUT2D eigenvalue weighted by molar-refractivity contribution is 7.89. The van der Waals surface area contributed by atoms with E-state index in [2.05, 4.69) is 19.9 Å². The smallest absolute Gasteiger partial charge is 0.325 e. The summed E-state index contributed by atoms with van der Waals surface area (Å²) in [4.78, 5) is 20.2. The summed E-state index contributed by atoms with van der Waals surface area (Å²) in [5.74, 6) is 0.881. The molecule has 0 bridgehead atoms. The average molecular weight is 472 g/mol. The lowest BCUT2D eigenvalue weighted by atomic mass is 10.1. The van der Waals surface area contributed by atoms with Gasteiger partial charge < -0.3 is 9.80 Å². The lowest BCUT2D eigenvalue weighted by Crippen LogP contribution is -2.50. The molecule has 0 aliphatic carbocycles. The van der Waals surface area contributed by atoms with Crippen LogP contribution in [0.1, 0.15) is 36.6 Å². The number of nitrogens with zero attached hydrogens (tertiary/aromatic N) is 4. The molecule has 0 unspecified atom stereocenters. The van der Waals surface area contributed by atoms with Gasteiger partial charge in [-0.1, -0.05) is 0 Å². The summed E-state index contributed by atoms with van der Waals surface area (Å²) in [5.41, 5.74) is -0.907. The Balaban J connectivity index is 1.29. The lowest BCUT2D eigenvalue weighted by molar-refractivity contribution is -0.137. The molecule has 174 valence electrons. The molecule has 1 aromatic heterocycles. The molecule has 1 aromatic carbocycles. The number of carbonyl (C=O) groups excluding carboxylic acids is 1. The number of piperidine rings is 1. The lowest BCUT2D eigenvalue weighted by Gasteiger charge is -2.34. The topological polar surface area (TPSA) is 111 Å². The van der Waals surface area contributed by atoms with E-state index in [0.29, 0.717) is 39.0 Å². The molecule has 2 fully saturated rings. The fourth-order valence-electron chi connectivity index (χ4n) is 4.07. The van der Waals surface area contributed by atoms with Crippen molar-refractivity contribution >= 4 is 16.1 Å². The van der Waals surface area contributed by atoms with Crippen LogP contribution in [-0.4, -0.2) is 71.7 Å². The molecule has 2 N–H and O–H groups in total. The van der Waals surface area contributed by atoms with E-state index in [1.165, 1.54) is 6.33 Å². The van der Waals surface area contributed by atoms with Gasteiger partial charge in [-0.15, -0.1) is 0 Å². The van der Waals surface area contributed by atoms with Gasteiger partial charge in [-0.05, 0) is 43.5 Å². The zero-order chi connectivity index (χ0) is 22.9. The Morgan fingerprint density at radius 3 is 2.31 bits per heavy atom. The fourth-order valence-corrected chi connectivity index (χ4v) is 5.37. The van der Waals surface area contributed by atoms with Crippen molar-refractivity contribution < 1.29 is 26.4 Å². The van der Waals surface area contributed by atoms with Crippen molar-refractivity contribution in [1.82, 2.24) is 29.7 Å². The maximum absolute atomic E-state index is 12.8. The fraction of sp³-hybridized carbons (Fsp3) is 0.526. The number of H-pyrrole nitrogens is 1. The monoisotopic (exact) mass is 472 g/mol. The minimum absolute atomic E-state index is 0.0870. The highest BCUT2D eigenvalue weighted by Gasteiger charge is 2.34. The number of nitrogens with one attached hydrogen (secondary N) is 2. The van der Waals surface area contributed by atoms with Gasteiger partial charge in [0.25, 0.3) is 0 Å². The van der Waals surface area contributed by atoms with Gasteiger partial charge in [-0.3, -0.25) is 5.10 Å². The number of alkyl halides is 3. The first kappa shape index (κ1) is 22.5. The van der Waals surface area contributed by atoms with Crippen molar-refractivity contribution in [3.63, 3.8) is 0 Å². The van der Waals surface area contributed by atoms with Crippen LogP contribution >= 0.6 is 0 Å². The van der Waals surface area contributed by atoms with Crippen molar-refractivity contribution in [3.05, 3.63) is 42.0 Å². The number of halogens is 3. The highest BCUT2D eigenvalue weighted by Crippen LogP contribution is 2.30. The summed E-state index contributed by atoms with van der Waals surface area (Å²) in [7, 11) is -3.96. The molecular formula is C19H23F3N6O3S. The van der Waals surface area contributed by atoms with Crippen LogP contribution in [0.25, 0.3) is 0 Å². The molecule has 2 amide bonds. The van der Waals surface area contributed by atoms with Crippen molar-refractivity contribution in [3.8, 4) is 0 Å². The summed E-state index contributed by atoms with van der Waals surface area (Å²) >= 11 is 0. The number of urea groups is 1. The average Bonchev–Trinajstić information content (AvgIpc) is 3.45. The number of aromatic amines is 1. The highest BCUT2D eigenvalue weighted by atomic mass is 32.2. The molecule has 13 heteroatoms. The van der Waals surface area contributed by atoms with E-state index in [1.54, 1.807) is 9.80 Å². The maximum atomic E-state index is 12.8. The van der Waals surface area contributed by atoms with Gasteiger partial charge in [-0.25, -0.2) is 22.9 Å². The first-order chi connectivity index (χ1) is 15.1. The van der Waals surface area contributed by atoms with Crippen LogP contribution in [0.5, 0.6) is 0 Å². The second kappa shape index (κ2) is 8.70. The number of aromatic nitrogens is 3. The van der Waals surface area contributed by atoms with Crippen molar-refractivity contribution in [2.75, 3.05) is 26.2 Å². The largest absolute Gasteiger partial charge is 0.416 e. The zero-order valence-corrected chi connectivity index (χ0v) is 17.9. The molecule has 1 atom stereocenters. The van der Waals surface area contributed by atoms with Crippen LogP contribution in [0.4, 0.5) is 18.0 Å². The van der Waals surface area contributed by atoms with Crippen LogP contribution in [0, 0.1) is 0 Å². The molecule has 32 heavy (non-hydrogen) atoms. The molecule has 2 aliphatic heterocycles. The standard InChI is InChI=1S/C19H23F3N6O3S/c20-19(21,22)14-1-3-16(4-2-14)32(30,31)26-15-6-9-27(10-7-15)18(29)28-8-5-13(11-28)17-23-12-24-25-17/h1-4,12-13,15,26H,5-11H2,(H,23,24,25)/t13-/m0/s1. The number of benzene rings is 1. The van der Waals surface area contributed by atoms with E-state index in [4.69, 9.17) is 0 Å². The molecule has 0 spiro atoms. The minimum atomic E-state index is -4.53. The Hall–Kier alpha value is -2.67. The van der Waals surface area contributed by atoms with Crippen LogP contribution in [0.15, 0.2) is 35.5 Å². The molecule has 2 aromatic rings. The molecule has 0 saturated carbocycles. The van der Waals surface area contributed by atoms with Crippen molar-refractivity contribution in [2.24, 2.45) is 0 Å². The summed E-state index contributed by atoms with van der Waals surface area (Å²) in [6, 6.07) is 2.91. The molecule has 2 saturated heterocycles. The van der Waals surface area contributed by atoms with Gasteiger partial charge in [0.2, 0.25) is 10.0 Å². The van der Waals surface area contributed by atoms with Crippen molar-refractivity contribution in [2.45, 2.75) is 42.3 Å². The quantitative estimate of drug-likeness (QED) is 0.709. The summed E-state index contributed by atoms with van der Waals surface area (Å²) < 4.78 is 65.7. The van der Waals surface area contributed by atoms with E-state index >= 15 is 0 Å². The number of rotatable bonds is 4. The molecule has 4 rings (SSSR count). The molecule has 3 heterocycles. The van der Waals surface area contributed by atoms with Crippen LogP contribution in [0.2, 0.25) is 0 Å². The third-order valence-electron chi connectivity index (χ3n) is 5.86. The van der Waals surface area contributed by atoms with Crippen molar-refractivity contribution in [1.29, 1.82) is 0 Å². The summed E-state index contributed by atoms with van der Waals surface area (Å²) in [6.07, 6.45) is -1.45. The number of likely N-dealkylation sites (tertiary alicyclic amines) is 2. The first-order valence-corrected chi connectivity index (χ1v) is 11.7. The van der Waals surface area contributed by atoms with Crippen LogP contribution in [0.3, 0.4) is 0 Å². The molecule has 2 aliphatic rings. The number of sulfonamides is 1. The van der Waals surface area contributed by atoms with Gasteiger partial charge in [0.05, 0.1) is 10.5 Å². The second-order valence-electron chi connectivity index (χ2n) is 7.99. The van der Waals surface area contributed by atoms with Gasteiger partial charge in [-0.2, -0.15) is 18.3 Å². The predicted octanol–water partition coefficient (Wildman–Crippen LogP) is 2.18. The predicted molar refractivity (Wildman–Crippen MR) is 107 cm³/mol. The Morgan fingerprint density at radius 1 is 1.06 bits per heavy atom. The van der Waals surface area contributed by atoms with E-state index in [1.807, 2.05) is 0 Å². The maximum Gasteiger partial charge on any atom is 0.416 e. The van der Waals surface area contributed by atoms with E-state index in [0.717, 1.165) is 36.5 Å². The van der Waals surface area contributed by atoms with E-state index in [9.17, 15) is 26.4 Å². The molecular weight excluding hydrogens is 449 g/mol. The Bertz CT molecular complexity index is 1040.